The Morgan fingerprint density at radius 1 is 0.887 bits per heavy atom. The van der Waals surface area contributed by atoms with Gasteiger partial charge in [-0.25, -0.2) is 0 Å². The van der Waals surface area contributed by atoms with Gasteiger partial charge in [-0.3, -0.25) is 4.79 Å². The summed E-state index contributed by atoms with van der Waals surface area (Å²) in [6.07, 6.45) is 6.96. The Kier molecular flexibility index (Phi) is 18.1. The molecular weight excluding hydrogens is 674 g/mol. The van der Waals surface area contributed by atoms with Crippen molar-refractivity contribution in [2.75, 3.05) is 40.5 Å². The minimum atomic E-state index is -0.476. The van der Waals surface area contributed by atoms with Gasteiger partial charge >= 0.3 is 0 Å². The standard InChI is InChI=1S/C43H63NO9/c1-27(2)52-38-24-35-41(53-28(3)4)34(42(38)49-12)21-29(5)22-37(48-11)40(50-25-33-18-14-13-15-19-33)32(8)23-31(7)39(51-26-46-9)36(47-10)20-16-17-30(6)43(45)44-35/h13-20,23-24,27-29,32,36-37,39-40H,21-22,25-26H2,1-12H3,(H,44,45)/b20-16-,30-17+,31-23+/t29-,32+,36+,37+,39+,40-/m1/s1. The van der Waals surface area contributed by atoms with Crippen molar-refractivity contribution >= 4 is 11.6 Å². The quantitative estimate of drug-likeness (QED) is 0.160. The number of ether oxygens (including phenoxy) is 8. The molecule has 0 aromatic heterocycles. The van der Waals surface area contributed by atoms with Gasteiger partial charge in [0.2, 0.25) is 0 Å². The molecule has 10 nitrogen and oxygen atoms in total. The molecule has 1 heterocycles. The average molecular weight is 738 g/mol. The number of rotatable bonds is 13. The summed E-state index contributed by atoms with van der Waals surface area (Å²) in [7, 11) is 6.59. The predicted octanol–water partition coefficient (Wildman–Crippen LogP) is 8.48. The first-order valence-corrected chi connectivity index (χ1v) is 18.6. The summed E-state index contributed by atoms with van der Waals surface area (Å²) in [5, 5.41) is 3.11. The smallest absolute Gasteiger partial charge is 0.251 e. The van der Waals surface area contributed by atoms with E-state index in [-0.39, 0.29) is 49.0 Å². The molecule has 1 aliphatic rings. The van der Waals surface area contributed by atoms with Gasteiger partial charge in [-0.15, -0.1) is 0 Å². The molecule has 294 valence electrons. The molecule has 1 aliphatic heterocycles. The van der Waals surface area contributed by atoms with E-state index in [9.17, 15) is 4.79 Å². The topological polar surface area (TPSA) is 103 Å². The van der Waals surface area contributed by atoms with Gasteiger partial charge < -0.3 is 43.2 Å². The highest BCUT2D eigenvalue weighted by molar-refractivity contribution is 6.04. The van der Waals surface area contributed by atoms with Gasteiger partial charge in [0.1, 0.15) is 24.8 Å². The number of benzene rings is 2. The van der Waals surface area contributed by atoms with Gasteiger partial charge in [0.25, 0.3) is 5.91 Å². The highest BCUT2D eigenvalue weighted by Gasteiger charge is 2.32. The van der Waals surface area contributed by atoms with E-state index >= 15 is 0 Å². The van der Waals surface area contributed by atoms with Crippen molar-refractivity contribution in [3.63, 3.8) is 0 Å². The van der Waals surface area contributed by atoms with Crippen LogP contribution in [0.3, 0.4) is 0 Å². The third-order valence-electron chi connectivity index (χ3n) is 9.04. The molecule has 10 heteroatoms. The molecule has 3 rings (SSSR count). The Labute approximate surface area is 317 Å². The number of allylic oxidation sites excluding steroid dienone is 2. The molecule has 0 unspecified atom stereocenters. The third-order valence-corrected chi connectivity index (χ3v) is 9.04. The zero-order valence-corrected chi connectivity index (χ0v) is 33.9. The fourth-order valence-electron chi connectivity index (χ4n) is 6.59. The van der Waals surface area contributed by atoms with Gasteiger partial charge in [0.15, 0.2) is 11.5 Å². The minimum absolute atomic E-state index is 0.0601. The van der Waals surface area contributed by atoms with Crippen molar-refractivity contribution in [2.24, 2.45) is 11.8 Å². The van der Waals surface area contributed by atoms with E-state index in [1.54, 1.807) is 47.5 Å². The second-order valence-electron chi connectivity index (χ2n) is 14.3. The highest BCUT2D eigenvalue weighted by atomic mass is 16.7. The third kappa shape index (κ3) is 13.0. The lowest BCUT2D eigenvalue weighted by molar-refractivity contribution is -0.112. The minimum Gasteiger partial charge on any atom is -0.492 e. The Hall–Kier alpha value is -3.67. The maximum atomic E-state index is 13.7. The number of hydrogen-bond donors (Lipinski definition) is 1. The summed E-state index contributed by atoms with van der Waals surface area (Å²) in [5.74, 6) is 1.33. The number of nitrogens with one attached hydrogen (secondary N) is 1. The van der Waals surface area contributed by atoms with Gasteiger partial charge in [-0.05, 0) is 71.4 Å². The lowest BCUT2D eigenvalue weighted by atomic mass is 9.87. The summed E-state index contributed by atoms with van der Waals surface area (Å²) in [6.45, 7) is 16.4. The summed E-state index contributed by atoms with van der Waals surface area (Å²) >= 11 is 0. The van der Waals surface area contributed by atoms with Crippen molar-refractivity contribution in [3.05, 3.63) is 83.0 Å². The van der Waals surface area contributed by atoms with Crippen LogP contribution in [0.5, 0.6) is 17.2 Å². The molecule has 6 atom stereocenters. The SMILES string of the molecule is COCO[C@H]1/C(C)=C/[C@H](C)[C@@H](OCc2ccccc2)[C@@H](OC)C[C@H](C)Cc2c(OC(C)C)c(cc(OC(C)C)c2OC)NC(=O)/C(C)=C/C=C\[C@@H]1OC. The van der Waals surface area contributed by atoms with Crippen LogP contribution in [0.1, 0.15) is 72.9 Å². The van der Waals surface area contributed by atoms with Gasteiger partial charge in [0.05, 0.1) is 43.8 Å². The normalized spacial score (nSPS) is 26.0. The fourth-order valence-corrected chi connectivity index (χ4v) is 6.59. The summed E-state index contributed by atoms with van der Waals surface area (Å²) < 4.78 is 49.3. The Morgan fingerprint density at radius 3 is 2.19 bits per heavy atom. The van der Waals surface area contributed by atoms with Gasteiger partial charge in [0, 0.05) is 44.5 Å². The van der Waals surface area contributed by atoms with Crippen LogP contribution in [-0.4, -0.2) is 77.8 Å². The Balaban J connectivity index is 2.26. The van der Waals surface area contributed by atoms with E-state index in [1.807, 2.05) is 65.0 Å². The first kappa shape index (κ1) is 43.7. The molecule has 1 amide bonds. The highest BCUT2D eigenvalue weighted by Crippen LogP contribution is 2.46. The number of methoxy groups -OCH3 is 4. The number of fused-ring (bicyclic) bond motifs is 2. The number of amides is 1. The lowest BCUT2D eigenvalue weighted by Gasteiger charge is -2.33. The van der Waals surface area contributed by atoms with Crippen molar-refractivity contribution < 1.29 is 42.7 Å². The first-order chi connectivity index (χ1) is 25.3. The second-order valence-corrected chi connectivity index (χ2v) is 14.3. The number of anilines is 1. The molecule has 0 fully saturated rings. The van der Waals surface area contributed by atoms with E-state index in [0.717, 1.165) is 16.7 Å². The fraction of sp³-hybridized carbons (Fsp3) is 0.558. The van der Waals surface area contributed by atoms with E-state index in [4.69, 9.17) is 37.9 Å². The summed E-state index contributed by atoms with van der Waals surface area (Å²) in [4.78, 5) is 13.7. The van der Waals surface area contributed by atoms with Gasteiger partial charge in [-0.2, -0.15) is 0 Å². The van der Waals surface area contributed by atoms with Crippen molar-refractivity contribution in [1.82, 2.24) is 0 Å². The van der Waals surface area contributed by atoms with Crippen LogP contribution >= 0.6 is 0 Å². The van der Waals surface area contributed by atoms with E-state index < -0.39 is 12.2 Å². The molecule has 2 bridgehead atoms. The van der Waals surface area contributed by atoms with Crippen LogP contribution in [0.25, 0.3) is 0 Å². The number of carbonyl (C=O) groups is 1. The molecule has 1 N–H and O–H groups in total. The average Bonchev–Trinajstić information content (AvgIpc) is 3.11. The van der Waals surface area contributed by atoms with Crippen LogP contribution in [0.15, 0.2) is 71.8 Å². The molecule has 0 saturated heterocycles. The van der Waals surface area contributed by atoms with Crippen LogP contribution in [0.2, 0.25) is 0 Å². The molecule has 2 aromatic carbocycles. The van der Waals surface area contributed by atoms with Crippen LogP contribution in [0.4, 0.5) is 5.69 Å². The summed E-state index contributed by atoms with van der Waals surface area (Å²) in [6, 6.07) is 11.9. The van der Waals surface area contributed by atoms with E-state index in [2.05, 4.69) is 37.4 Å². The van der Waals surface area contributed by atoms with Crippen LogP contribution in [-0.2, 0) is 41.5 Å². The molecule has 0 aliphatic carbocycles. The molecule has 53 heavy (non-hydrogen) atoms. The maximum Gasteiger partial charge on any atom is 0.251 e. The van der Waals surface area contributed by atoms with Crippen LogP contribution in [0, 0.1) is 11.8 Å². The molecule has 0 saturated carbocycles. The molecular formula is C43H63NO9. The second kappa shape index (κ2) is 21.9. The predicted molar refractivity (Wildman–Crippen MR) is 210 cm³/mol. The van der Waals surface area contributed by atoms with E-state index in [0.29, 0.717) is 48.0 Å². The Morgan fingerprint density at radius 2 is 1.58 bits per heavy atom. The van der Waals surface area contributed by atoms with E-state index in [1.165, 1.54) is 0 Å². The molecule has 0 radical (unpaired) electrons. The first-order valence-electron chi connectivity index (χ1n) is 18.6. The monoisotopic (exact) mass is 737 g/mol. The number of hydrogen-bond acceptors (Lipinski definition) is 9. The lowest BCUT2D eigenvalue weighted by Crippen LogP contribution is -2.38. The largest absolute Gasteiger partial charge is 0.492 e. The Bertz CT molecular complexity index is 1520. The van der Waals surface area contributed by atoms with Crippen LogP contribution < -0.4 is 19.5 Å². The molecule has 2 aromatic rings. The zero-order valence-electron chi connectivity index (χ0n) is 33.9. The number of carbonyl (C=O) groups excluding carboxylic acids is 1. The van der Waals surface area contributed by atoms with Gasteiger partial charge in [-0.1, -0.05) is 68.5 Å². The maximum absolute atomic E-state index is 13.7. The van der Waals surface area contributed by atoms with Crippen molar-refractivity contribution in [3.8, 4) is 17.2 Å². The van der Waals surface area contributed by atoms with Crippen molar-refractivity contribution in [2.45, 2.75) is 111 Å². The summed E-state index contributed by atoms with van der Waals surface area (Å²) in [5.41, 5.74) is 3.82. The van der Waals surface area contributed by atoms with Crippen molar-refractivity contribution in [1.29, 1.82) is 0 Å². The molecule has 0 spiro atoms. The zero-order chi connectivity index (χ0) is 39.1.